The number of benzene rings is 8. The number of fused-ring (bicyclic) bond motifs is 7. The molecule has 0 saturated carbocycles. The maximum atomic E-state index is 6.16. The van der Waals surface area contributed by atoms with Gasteiger partial charge in [0, 0.05) is 27.5 Å². The second-order valence-electron chi connectivity index (χ2n) is 14.0. The molecule has 0 saturated heterocycles. The Morgan fingerprint density at radius 1 is 0.327 bits per heavy atom. The highest BCUT2D eigenvalue weighted by molar-refractivity contribution is 6.14. The second-order valence-corrected chi connectivity index (χ2v) is 14.0. The highest BCUT2D eigenvalue weighted by Gasteiger charge is 2.15. The van der Waals surface area contributed by atoms with E-state index in [9.17, 15) is 0 Å². The Morgan fingerprint density at radius 2 is 0.964 bits per heavy atom. The van der Waals surface area contributed by atoms with E-state index in [2.05, 4.69) is 152 Å². The summed E-state index contributed by atoms with van der Waals surface area (Å²) in [5.41, 5.74) is 12.8. The first-order chi connectivity index (χ1) is 27.2. The van der Waals surface area contributed by atoms with Crippen LogP contribution >= 0.6 is 0 Å². The van der Waals surface area contributed by atoms with E-state index >= 15 is 0 Å². The molecule has 0 N–H and O–H groups in total. The molecule has 11 aromatic rings. The van der Waals surface area contributed by atoms with Crippen LogP contribution in [0.1, 0.15) is 0 Å². The summed E-state index contributed by atoms with van der Waals surface area (Å²) in [4.78, 5) is 15.2. The summed E-state index contributed by atoms with van der Waals surface area (Å²) < 4.78 is 6.16. The van der Waals surface area contributed by atoms with E-state index in [0.29, 0.717) is 5.82 Å². The van der Waals surface area contributed by atoms with Crippen LogP contribution in [0.3, 0.4) is 0 Å². The van der Waals surface area contributed by atoms with Crippen LogP contribution in [0, 0.1) is 0 Å². The standard InChI is InChI=1S/C51H31N3O/c1-2-11-34(12-3-1)51-53-46(33-23-21-32(22-24-33)44-29-37-13-4-5-16-40(37)41-17-6-7-18-42(41)44)31-47(54-51)38-15-10-14-35(27-38)36-25-26-45-39(28-36)30-49-50(52-45)43-19-8-9-20-48(43)55-49/h1-31H. The van der Waals surface area contributed by atoms with Gasteiger partial charge in [-0.15, -0.1) is 0 Å². The van der Waals surface area contributed by atoms with Crippen molar-refractivity contribution < 1.29 is 4.42 Å². The van der Waals surface area contributed by atoms with Gasteiger partial charge in [-0.25, -0.2) is 15.0 Å². The largest absolute Gasteiger partial charge is 0.454 e. The molecule has 11 rings (SSSR count). The van der Waals surface area contributed by atoms with Gasteiger partial charge in [0.25, 0.3) is 0 Å². The SMILES string of the molecule is c1ccc(-c2nc(-c3ccc(-c4cc5ccccc5c5ccccc45)cc3)cc(-c3cccc(-c4ccc5nc6c(cc5c4)oc4ccccc46)c3)n2)cc1. The van der Waals surface area contributed by atoms with Crippen molar-refractivity contribution in [3.8, 4) is 56.2 Å². The van der Waals surface area contributed by atoms with Gasteiger partial charge in [0.1, 0.15) is 11.1 Å². The van der Waals surface area contributed by atoms with E-state index in [0.717, 1.165) is 72.2 Å². The summed E-state index contributed by atoms with van der Waals surface area (Å²) in [6.07, 6.45) is 0. The molecule has 0 radical (unpaired) electrons. The third kappa shape index (κ3) is 5.43. The maximum absolute atomic E-state index is 6.16. The molecular formula is C51H31N3O. The average molecular weight is 702 g/mol. The van der Waals surface area contributed by atoms with Gasteiger partial charge < -0.3 is 4.42 Å². The lowest BCUT2D eigenvalue weighted by Gasteiger charge is -2.13. The van der Waals surface area contributed by atoms with Gasteiger partial charge in [-0.2, -0.15) is 0 Å². The fourth-order valence-corrected chi connectivity index (χ4v) is 7.91. The number of nitrogens with zero attached hydrogens (tertiary/aromatic N) is 3. The number of hydrogen-bond acceptors (Lipinski definition) is 4. The Hall–Kier alpha value is -7.43. The zero-order valence-electron chi connectivity index (χ0n) is 29.6. The molecule has 4 heteroatoms. The highest BCUT2D eigenvalue weighted by atomic mass is 16.3. The molecule has 0 atom stereocenters. The van der Waals surface area contributed by atoms with Crippen LogP contribution in [0.4, 0.5) is 0 Å². The predicted molar refractivity (Wildman–Crippen MR) is 227 cm³/mol. The number of rotatable bonds is 5. The number of pyridine rings is 1. The Morgan fingerprint density at radius 3 is 1.82 bits per heavy atom. The van der Waals surface area contributed by atoms with E-state index < -0.39 is 0 Å². The van der Waals surface area contributed by atoms with Gasteiger partial charge in [0.2, 0.25) is 0 Å². The first-order valence-corrected chi connectivity index (χ1v) is 18.5. The topological polar surface area (TPSA) is 51.8 Å². The fourth-order valence-electron chi connectivity index (χ4n) is 7.91. The van der Waals surface area contributed by atoms with Crippen molar-refractivity contribution >= 4 is 54.5 Å². The molecule has 0 aliphatic heterocycles. The van der Waals surface area contributed by atoms with Gasteiger partial charge in [0.15, 0.2) is 11.4 Å². The molecule has 3 heterocycles. The molecule has 55 heavy (non-hydrogen) atoms. The lowest BCUT2D eigenvalue weighted by molar-refractivity contribution is 0.669. The molecule has 256 valence electrons. The Balaban J connectivity index is 0.993. The van der Waals surface area contributed by atoms with Crippen LogP contribution in [0.15, 0.2) is 192 Å². The van der Waals surface area contributed by atoms with Crippen molar-refractivity contribution in [1.29, 1.82) is 0 Å². The average Bonchev–Trinajstić information content (AvgIpc) is 3.62. The Kier molecular flexibility index (Phi) is 7.14. The third-order valence-corrected chi connectivity index (χ3v) is 10.7. The molecule has 4 nitrogen and oxygen atoms in total. The molecular weight excluding hydrogens is 671 g/mol. The minimum absolute atomic E-state index is 0.690. The van der Waals surface area contributed by atoms with Crippen LogP contribution < -0.4 is 0 Å². The van der Waals surface area contributed by atoms with Gasteiger partial charge in [-0.1, -0.05) is 140 Å². The van der Waals surface area contributed by atoms with E-state index in [4.69, 9.17) is 19.4 Å². The number of para-hydroxylation sites is 1. The summed E-state index contributed by atoms with van der Waals surface area (Å²) in [6.45, 7) is 0. The minimum Gasteiger partial charge on any atom is -0.454 e. The van der Waals surface area contributed by atoms with Crippen LogP contribution in [0.25, 0.3) is 111 Å². The van der Waals surface area contributed by atoms with Crippen molar-refractivity contribution in [1.82, 2.24) is 15.0 Å². The van der Waals surface area contributed by atoms with Crippen molar-refractivity contribution in [3.63, 3.8) is 0 Å². The molecule has 8 aromatic carbocycles. The molecule has 0 spiro atoms. The number of hydrogen-bond donors (Lipinski definition) is 0. The van der Waals surface area contributed by atoms with Gasteiger partial charge in [-0.05, 0) is 92.3 Å². The summed E-state index contributed by atoms with van der Waals surface area (Å²) in [6, 6.07) is 65.9. The Bertz CT molecular complexity index is 3260. The molecule has 0 bridgehead atoms. The zero-order chi connectivity index (χ0) is 36.3. The number of aromatic nitrogens is 3. The van der Waals surface area contributed by atoms with E-state index in [1.807, 2.05) is 36.4 Å². The molecule has 0 fully saturated rings. The molecule has 3 aromatic heterocycles. The third-order valence-electron chi connectivity index (χ3n) is 10.7. The van der Waals surface area contributed by atoms with Crippen molar-refractivity contribution in [3.05, 3.63) is 188 Å². The van der Waals surface area contributed by atoms with E-state index in [-0.39, 0.29) is 0 Å². The summed E-state index contributed by atoms with van der Waals surface area (Å²) in [5, 5.41) is 7.08. The molecule has 0 amide bonds. The van der Waals surface area contributed by atoms with Crippen molar-refractivity contribution in [2.24, 2.45) is 0 Å². The Labute approximate surface area is 317 Å². The van der Waals surface area contributed by atoms with Crippen LogP contribution in [0.5, 0.6) is 0 Å². The second kappa shape index (κ2) is 12.6. The van der Waals surface area contributed by atoms with Crippen LogP contribution in [0.2, 0.25) is 0 Å². The van der Waals surface area contributed by atoms with Gasteiger partial charge in [0.05, 0.1) is 16.9 Å². The lowest BCUT2D eigenvalue weighted by Crippen LogP contribution is -1.96. The maximum Gasteiger partial charge on any atom is 0.160 e. The minimum atomic E-state index is 0.690. The van der Waals surface area contributed by atoms with Crippen LogP contribution in [-0.2, 0) is 0 Å². The summed E-state index contributed by atoms with van der Waals surface area (Å²) in [7, 11) is 0. The van der Waals surface area contributed by atoms with Crippen molar-refractivity contribution in [2.45, 2.75) is 0 Å². The predicted octanol–water partition coefficient (Wildman–Crippen LogP) is 13.6. The smallest absolute Gasteiger partial charge is 0.160 e. The van der Waals surface area contributed by atoms with E-state index in [1.165, 1.54) is 32.7 Å². The van der Waals surface area contributed by atoms with Crippen molar-refractivity contribution in [2.75, 3.05) is 0 Å². The first-order valence-electron chi connectivity index (χ1n) is 18.5. The normalized spacial score (nSPS) is 11.6. The summed E-state index contributed by atoms with van der Waals surface area (Å²) in [5.74, 6) is 0.690. The fraction of sp³-hybridized carbons (Fsp3) is 0. The van der Waals surface area contributed by atoms with E-state index in [1.54, 1.807) is 0 Å². The van der Waals surface area contributed by atoms with Gasteiger partial charge >= 0.3 is 0 Å². The summed E-state index contributed by atoms with van der Waals surface area (Å²) >= 11 is 0. The lowest BCUT2D eigenvalue weighted by atomic mass is 9.92. The zero-order valence-corrected chi connectivity index (χ0v) is 29.6. The van der Waals surface area contributed by atoms with Gasteiger partial charge in [-0.3, -0.25) is 0 Å². The van der Waals surface area contributed by atoms with Crippen LogP contribution in [-0.4, -0.2) is 15.0 Å². The quantitative estimate of drug-likeness (QED) is 0.168. The molecule has 0 aliphatic carbocycles. The highest BCUT2D eigenvalue weighted by Crippen LogP contribution is 2.37. The number of furan rings is 1. The molecule has 0 unspecified atom stereocenters. The first kappa shape index (κ1) is 31.1. The monoisotopic (exact) mass is 701 g/mol. The molecule has 0 aliphatic rings.